The summed E-state index contributed by atoms with van der Waals surface area (Å²) >= 11 is 0. The predicted octanol–water partition coefficient (Wildman–Crippen LogP) is 3.33. The molecule has 0 unspecified atom stereocenters. The summed E-state index contributed by atoms with van der Waals surface area (Å²) in [6.07, 6.45) is 6.02. The smallest absolute Gasteiger partial charge is 0.228 e. The summed E-state index contributed by atoms with van der Waals surface area (Å²) in [5, 5.41) is 3.25. The van der Waals surface area contributed by atoms with Gasteiger partial charge in [-0.1, -0.05) is 6.07 Å². The lowest BCUT2D eigenvalue weighted by Crippen LogP contribution is -2.34. The molecule has 3 aromatic rings. The minimum absolute atomic E-state index is 0.427. The second-order valence-electron chi connectivity index (χ2n) is 7.16. The van der Waals surface area contributed by atoms with E-state index in [9.17, 15) is 0 Å². The molecule has 0 radical (unpaired) electrons. The van der Waals surface area contributed by atoms with E-state index in [0.717, 1.165) is 54.8 Å². The van der Waals surface area contributed by atoms with Gasteiger partial charge in [0.05, 0.1) is 6.54 Å². The molecular formula is C20H25N7. The van der Waals surface area contributed by atoms with Gasteiger partial charge in [0.2, 0.25) is 5.95 Å². The molecule has 4 heterocycles. The number of H-pyrrole nitrogens is 1. The van der Waals surface area contributed by atoms with Crippen molar-refractivity contribution >= 4 is 11.8 Å². The number of aromatic amines is 1. The third kappa shape index (κ3) is 4.49. The van der Waals surface area contributed by atoms with Crippen molar-refractivity contribution in [1.82, 2.24) is 29.8 Å². The molecule has 0 spiro atoms. The fraction of sp³-hybridized carbons (Fsp3) is 0.400. The molecule has 3 aromatic heterocycles. The molecular weight excluding hydrogens is 338 g/mol. The standard InChI is InChI=1S/C20H25N7/c1-14-11-15(2)24-20(23-14)26-18-7-3-6-17(25-18)16-5-4-10-27(12-16)13-19-21-8-9-22-19/h3,6-9,11,16H,4-5,10,12-13H2,1-2H3,(H,21,22)(H,23,24,25,26)/t16-/m0/s1. The molecule has 1 aliphatic rings. The number of nitrogens with one attached hydrogen (secondary N) is 2. The third-order valence-electron chi connectivity index (χ3n) is 4.84. The monoisotopic (exact) mass is 363 g/mol. The minimum Gasteiger partial charge on any atom is -0.348 e. The molecule has 7 nitrogen and oxygen atoms in total. The summed E-state index contributed by atoms with van der Waals surface area (Å²) in [5.41, 5.74) is 3.01. The molecule has 0 saturated carbocycles. The Kier molecular flexibility index (Phi) is 5.11. The summed E-state index contributed by atoms with van der Waals surface area (Å²) in [6.45, 7) is 6.90. The molecule has 0 bridgehead atoms. The third-order valence-corrected chi connectivity index (χ3v) is 4.84. The van der Waals surface area contributed by atoms with E-state index in [-0.39, 0.29) is 0 Å². The highest BCUT2D eigenvalue weighted by atomic mass is 15.2. The average molecular weight is 363 g/mol. The van der Waals surface area contributed by atoms with Crippen LogP contribution >= 0.6 is 0 Å². The van der Waals surface area contributed by atoms with Crippen molar-refractivity contribution in [1.29, 1.82) is 0 Å². The van der Waals surface area contributed by atoms with Gasteiger partial charge in [-0.25, -0.2) is 19.9 Å². The summed E-state index contributed by atoms with van der Waals surface area (Å²) in [6, 6.07) is 8.10. The van der Waals surface area contributed by atoms with E-state index in [1.54, 1.807) is 0 Å². The van der Waals surface area contributed by atoms with E-state index in [0.29, 0.717) is 11.9 Å². The molecule has 27 heavy (non-hydrogen) atoms. The van der Waals surface area contributed by atoms with Gasteiger partial charge in [-0.2, -0.15) is 0 Å². The van der Waals surface area contributed by atoms with Crippen molar-refractivity contribution in [2.45, 2.75) is 39.2 Å². The minimum atomic E-state index is 0.427. The number of piperidine rings is 1. The normalized spacial score (nSPS) is 17.8. The van der Waals surface area contributed by atoms with Crippen molar-refractivity contribution in [2.24, 2.45) is 0 Å². The van der Waals surface area contributed by atoms with E-state index < -0.39 is 0 Å². The summed E-state index contributed by atoms with van der Waals surface area (Å²) in [7, 11) is 0. The van der Waals surface area contributed by atoms with Gasteiger partial charge < -0.3 is 10.3 Å². The fourth-order valence-corrected chi connectivity index (χ4v) is 3.68. The summed E-state index contributed by atoms with van der Waals surface area (Å²) < 4.78 is 0. The van der Waals surface area contributed by atoms with Gasteiger partial charge in [0.25, 0.3) is 0 Å². The van der Waals surface area contributed by atoms with E-state index >= 15 is 0 Å². The Balaban J connectivity index is 1.46. The summed E-state index contributed by atoms with van der Waals surface area (Å²) in [4.78, 5) is 23.7. The molecule has 7 heteroatoms. The number of aromatic nitrogens is 5. The highest BCUT2D eigenvalue weighted by Gasteiger charge is 2.23. The molecule has 0 aliphatic carbocycles. The van der Waals surface area contributed by atoms with Crippen molar-refractivity contribution < 1.29 is 0 Å². The highest BCUT2D eigenvalue weighted by Crippen LogP contribution is 2.27. The van der Waals surface area contributed by atoms with Gasteiger partial charge in [0, 0.05) is 41.9 Å². The van der Waals surface area contributed by atoms with Crippen LogP contribution in [0.2, 0.25) is 0 Å². The van der Waals surface area contributed by atoms with Crippen LogP contribution in [0.15, 0.2) is 36.7 Å². The second kappa shape index (κ2) is 7.84. The Morgan fingerprint density at radius 1 is 1.19 bits per heavy atom. The van der Waals surface area contributed by atoms with Crippen molar-refractivity contribution in [3.05, 3.63) is 59.6 Å². The second-order valence-corrected chi connectivity index (χ2v) is 7.16. The number of hydrogen-bond donors (Lipinski definition) is 2. The first-order chi connectivity index (χ1) is 13.2. The number of aryl methyl sites for hydroxylation is 2. The van der Waals surface area contributed by atoms with Gasteiger partial charge in [-0.3, -0.25) is 4.90 Å². The molecule has 1 atom stereocenters. The molecule has 1 aliphatic heterocycles. The maximum Gasteiger partial charge on any atom is 0.228 e. The Bertz CT molecular complexity index is 871. The van der Waals surface area contributed by atoms with Crippen LogP contribution in [0.25, 0.3) is 0 Å². The van der Waals surface area contributed by atoms with Crippen LogP contribution in [0.1, 0.15) is 41.7 Å². The zero-order chi connectivity index (χ0) is 18.6. The van der Waals surface area contributed by atoms with Gasteiger partial charge in [0.1, 0.15) is 11.6 Å². The van der Waals surface area contributed by atoms with Gasteiger partial charge in [-0.05, 0) is 51.4 Å². The lowest BCUT2D eigenvalue weighted by molar-refractivity contribution is 0.194. The number of imidazole rings is 1. The number of anilines is 2. The largest absolute Gasteiger partial charge is 0.348 e. The van der Waals surface area contributed by atoms with Crippen LogP contribution in [0.3, 0.4) is 0 Å². The fourth-order valence-electron chi connectivity index (χ4n) is 3.68. The van der Waals surface area contributed by atoms with E-state index in [1.807, 2.05) is 38.4 Å². The van der Waals surface area contributed by atoms with Crippen LogP contribution in [-0.4, -0.2) is 42.9 Å². The van der Waals surface area contributed by atoms with Crippen LogP contribution < -0.4 is 5.32 Å². The quantitative estimate of drug-likeness (QED) is 0.723. The van der Waals surface area contributed by atoms with Gasteiger partial charge >= 0.3 is 0 Å². The van der Waals surface area contributed by atoms with E-state index in [2.05, 4.69) is 42.3 Å². The van der Waals surface area contributed by atoms with Crippen molar-refractivity contribution in [2.75, 3.05) is 18.4 Å². The van der Waals surface area contributed by atoms with Gasteiger partial charge in [-0.15, -0.1) is 0 Å². The molecule has 1 fully saturated rings. The van der Waals surface area contributed by atoms with Crippen molar-refractivity contribution in [3.63, 3.8) is 0 Å². The first-order valence-corrected chi connectivity index (χ1v) is 9.42. The van der Waals surface area contributed by atoms with E-state index in [4.69, 9.17) is 4.98 Å². The number of nitrogens with zero attached hydrogens (tertiary/aromatic N) is 5. The lowest BCUT2D eigenvalue weighted by Gasteiger charge is -2.32. The number of hydrogen-bond acceptors (Lipinski definition) is 6. The molecule has 140 valence electrons. The lowest BCUT2D eigenvalue weighted by atomic mass is 9.94. The summed E-state index contributed by atoms with van der Waals surface area (Å²) in [5.74, 6) is 2.84. The zero-order valence-corrected chi connectivity index (χ0v) is 15.8. The topological polar surface area (TPSA) is 82.6 Å². The Morgan fingerprint density at radius 2 is 2.04 bits per heavy atom. The molecule has 0 amide bonds. The van der Waals surface area contributed by atoms with Crippen LogP contribution in [0.4, 0.5) is 11.8 Å². The van der Waals surface area contributed by atoms with Crippen LogP contribution in [0, 0.1) is 13.8 Å². The molecule has 2 N–H and O–H groups in total. The predicted molar refractivity (Wildman–Crippen MR) is 105 cm³/mol. The number of pyridine rings is 1. The van der Waals surface area contributed by atoms with Crippen LogP contribution in [0.5, 0.6) is 0 Å². The maximum atomic E-state index is 4.84. The first kappa shape index (κ1) is 17.6. The molecule has 4 rings (SSSR count). The first-order valence-electron chi connectivity index (χ1n) is 9.42. The van der Waals surface area contributed by atoms with Crippen LogP contribution in [-0.2, 0) is 6.54 Å². The van der Waals surface area contributed by atoms with Gasteiger partial charge in [0.15, 0.2) is 0 Å². The maximum absolute atomic E-state index is 4.84. The molecule has 0 aromatic carbocycles. The Hall–Kier alpha value is -2.80. The zero-order valence-electron chi connectivity index (χ0n) is 15.8. The SMILES string of the molecule is Cc1cc(C)nc(Nc2cccc([C@H]3CCCN(Cc4ncc[nH]4)C3)n2)n1. The van der Waals surface area contributed by atoms with E-state index in [1.165, 1.54) is 6.42 Å². The Morgan fingerprint density at radius 3 is 2.81 bits per heavy atom. The highest BCUT2D eigenvalue weighted by molar-refractivity contribution is 5.48. The Labute approximate surface area is 159 Å². The average Bonchev–Trinajstić information content (AvgIpc) is 3.14. The number of rotatable bonds is 5. The molecule has 1 saturated heterocycles. The number of likely N-dealkylation sites (tertiary alicyclic amines) is 1. The van der Waals surface area contributed by atoms with Crippen molar-refractivity contribution in [3.8, 4) is 0 Å².